The van der Waals surface area contributed by atoms with Crippen LogP contribution in [0.15, 0.2) is 42.5 Å². The Hall–Kier alpha value is -1.76. The molecule has 0 aliphatic carbocycles. The smallest absolute Gasteiger partial charge is 0.0419 e. The number of unbranched alkanes of at least 4 members (excludes halogenated alkanes) is 15. The molecule has 1 N–H and O–H groups in total. The summed E-state index contributed by atoms with van der Waals surface area (Å²) >= 11 is 0. The largest absolute Gasteiger partial charge is 0.355 e. The van der Waals surface area contributed by atoms with E-state index < -0.39 is 0 Å². The molecule has 0 atom stereocenters. The third-order valence-electron chi connectivity index (χ3n) is 7.88. The minimum Gasteiger partial charge on any atom is -0.355 e. The van der Waals surface area contributed by atoms with E-state index in [2.05, 4.69) is 68.6 Å². The van der Waals surface area contributed by atoms with Gasteiger partial charge in [-0.2, -0.15) is 0 Å². The van der Waals surface area contributed by atoms with Crippen molar-refractivity contribution in [2.24, 2.45) is 0 Å². The Morgan fingerprint density at radius 3 is 1.62 bits per heavy atom. The fourth-order valence-electron chi connectivity index (χ4n) is 5.53. The first kappa shape index (κ1) is 31.5. The van der Waals surface area contributed by atoms with Gasteiger partial charge in [-0.05, 0) is 73.4 Å². The van der Waals surface area contributed by atoms with Crippen LogP contribution in [-0.4, -0.2) is 0 Å². The number of aryl methyl sites for hydroxylation is 2. The number of benzene rings is 2. The summed E-state index contributed by atoms with van der Waals surface area (Å²) in [4.78, 5) is 0. The van der Waals surface area contributed by atoms with Crippen LogP contribution in [0.1, 0.15) is 153 Å². The van der Waals surface area contributed by atoms with Crippen molar-refractivity contribution >= 4 is 11.4 Å². The van der Waals surface area contributed by atoms with E-state index in [4.69, 9.17) is 0 Å². The van der Waals surface area contributed by atoms with Crippen molar-refractivity contribution in [2.45, 2.75) is 156 Å². The van der Waals surface area contributed by atoms with Gasteiger partial charge >= 0.3 is 0 Å². The second kappa shape index (κ2) is 21.2. The van der Waals surface area contributed by atoms with Crippen LogP contribution >= 0.6 is 0 Å². The Labute approximate surface area is 231 Å². The van der Waals surface area contributed by atoms with E-state index in [1.54, 1.807) is 11.1 Å². The van der Waals surface area contributed by atoms with Gasteiger partial charge in [0.2, 0.25) is 0 Å². The van der Waals surface area contributed by atoms with Crippen LogP contribution in [-0.2, 0) is 19.3 Å². The Bertz CT molecular complexity index is 808. The monoisotopic (exact) mass is 505 g/mol. The van der Waals surface area contributed by atoms with E-state index in [9.17, 15) is 0 Å². The predicted molar refractivity (Wildman–Crippen MR) is 167 cm³/mol. The summed E-state index contributed by atoms with van der Waals surface area (Å²) in [5.74, 6) is 0. The van der Waals surface area contributed by atoms with E-state index in [0.717, 1.165) is 0 Å². The minimum absolute atomic E-state index is 1.20. The number of hydrogen-bond donors (Lipinski definition) is 1. The first-order chi connectivity index (χ1) is 18.3. The van der Waals surface area contributed by atoms with Crippen molar-refractivity contribution in [1.82, 2.24) is 0 Å². The van der Waals surface area contributed by atoms with E-state index >= 15 is 0 Å². The average Bonchev–Trinajstić information content (AvgIpc) is 2.91. The summed E-state index contributed by atoms with van der Waals surface area (Å²) in [6, 6.07) is 16.2. The summed E-state index contributed by atoms with van der Waals surface area (Å²) < 4.78 is 0. The van der Waals surface area contributed by atoms with Crippen molar-refractivity contribution in [3.63, 3.8) is 0 Å². The quantitative estimate of drug-likeness (QED) is 0.148. The molecule has 0 amide bonds. The Morgan fingerprint density at radius 2 is 1.00 bits per heavy atom. The molecule has 2 aromatic carbocycles. The molecule has 208 valence electrons. The van der Waals surface area contributed by atoms with E-state index in [1.807, 2.05) is 0 Å². The molecule has 0 bridgehead atoms. The molecule has 0 unspecified atom stereocenters. The standard InChI is InChI=1S/C36H59N/c1-4-7-10-13-16-19-24-32-25-22-28-34(31-32)37-36-30-23-27-33(26-20-17-14-11-8-5-2)35(36)29-21-18-15-12-9-6-3/h22-23,25,27-28,30-31,37H,4-21,24,26,29H2,1-3H3. The fourth-order valence-corrected chi connectivity index (χ4v) is 5.53. The molecule has 1 nitrogen and oxygen atoms in total. The lowest BCUT2D eigenvalue weighted by Gasteiger charge is -2.17. The molecule has 2 aromatic rings. The van der Waals surface area contributed by atoms with Gasteiger partial charge in [0.1, 0.15) is 0 Å². The molecule has 0 saturated heterocycles. The summed E-state index contributed by atoms with van der Waals surface area (Å²) in [6.07, 6.45) is 28.2. The second-order valence-corrected chi connectivity index (χ2v) is 11.3. The Kier molecular flexibility index (Phi) is 18.0. The van der Waals surface area contributed by atoms with Gasteiger partial charge in [-0.15, -0.1) is 0 Å². The molecule has 0 saturated carbocycles. The van der Waals surface area contributed by atoms with Crippen LogP contribution in [0.25, 0.3) is 0 Å². The lowest BCUT2D eigenvalue weighted by Crippen LogP contribution is -2.02. The topological polar surface area (TPSA) is 12.0 Å². The average molecular weight is 506 g/mol. The highest BCUT2D eigenvalue weighted by molar-refractivity contribution is 5.65. The van der Waals surface area contributed by atoms with Crippen LogP contribution < -0.4 is 5.32 Å². The highest BCUT2D eigenvalue weighted by Gasteiger charge is 2.10. The van der Waals surface area contributed by atoms with Gasteiger partial charge in [0.05, 0.1) is 0 Å². The zero-order chi connectivity index (χ0) is 26.4. The van der Waals surface area contributed by atoms with Crippen molar-refractivity contribution in [2.75, 3.05) is 5.32 Å². The third-order valence-corrected chi connectivity index (χ3v) is 7.88. The number of rotatable bonds is 23. The molecule has 0 spiro atoms. The molecular formula is C36H59N. The molecule has 0 heterocycles. The van der Waals surface area contributed by atoms with Crippen molar-refractivity contribution in [1.29, 1.82) is 0 Å². The van der Waals surface area contributed by atoms with Gasteiger partial charge in [0, 0.05) is 11.4 Å². The van der Waals surface area contributed by atoms with Gasteiger partial charge in [0.25, 0.3) is 0 Å². The first-order valence-electron chi connectivity index (χ1n) is 16.2. The van der Waals surface area contributed by atoms with Crippen LogP contribution in [0.3, 0.4) is 0 Å². The molecule has 0 fully saturated rings. The van der Waals surface area contributed by atoms with Crippen molar-refractivity contribution in [3.05, 3.63) is 59.2 Å². The molecule has 1 heteroatoms. The normalized spacial score (nSPS) is 11.2. The van der Waals surface area contributed by atoms with Gasteiger partial charge in [-0.1, -0.05) is 141 Å². The maximum absolute atomic E-state index is 3.85. The van der Waals surface area contributed by atoms with Crippen LogP contribution in [0.5, 0.6) is 0 Å². The minimum atomic E-state index is 1.20. The lowest BCUT2D eigenvalue weighted by atomic mass is 9.94. The third kappa shape index (κ3) is 14.1. The molecule has 2 rings (SSSR count). The van der Waals surface area contributed by atoms with Crippen LogP contribution in [0, 0.1) is 0 Å². The lowest BCUT2D eigenvalue weighted by molar-refractivity contribution is 0.599. The highest BCUT2D eigenvalue weighted by atomic mass is 14.9. The van der Waals surface area contributed by atoms with Gasteiger partial charge in [0.15, 0.2) is 0 Å². The van der Waals surface area contributed by atoms with Crippen LogP contribution in [0.4, 0.5) is 11.4 Å². The van der Waals surface area contributed by atoms with E-state index in [0.29, 0.717) is 0 Å². The maximum Gasteiger partial charge on any atom is 0.0419 e. The number of nitrogens with one attached hydrogen (secondary N) is 1. The van der Waals surface area contributed by atoms with Crippen LogP contribution in [0.2, 0.25) is 0 Å². The zero-order valence-electron chi connectivity index (χ0n) is 24.9. The number of hydrogen-bond acceptors (Lipinski definition) is 1. The SMILES string of the molecule is CCCCCCCCc1cccc(Nc2cccc(CCCCCCCC)c2CCCCCCCC)c1. The summed E-state index contributed by atoms with van der Waals surface area (Å²) in [7, 11) is 0. The van der Waals surface area contributed by atoms with Crippen molar-refractivity contribution < 1.29 is 0 Å². The predicted octanol–water partition coefficient (Wildman–Crippen LogP) is 12.1. The maximum atomic E-state index is 3.85. The molecule has 0 aromatic heterocycles. The van der Waals surface area contributed by atoms with E-state index in [-0.39, 0.29) is 0 Å². The summed E-state index contributed by atoms with van der Waals surface area (Å²) in [6.45, 7) is 6.90. The molecule has 0 aliphatic rings. The first-order valence-corrected chi connectivity index (χ1v) is 16.2. The van der Waals surface area contributed by atoms with Crippen molar-refractivity contribution in [3.8, 4) is 0 Å². The Morgan fingerprint density at radius 1 is 0.486 bits per heavy atom. The van der Waals surface area contributed by atoms with E-state index in [1.165, 1.54) is 152 Å². The zero-order valence-corrected chi connectivity index (χ0v) is 24.9. The van der Waals surface area contributed by atoms with Gasteiger partial charge in [-0.3, -0.25) is 0 Å². The number of anilines is 2. The molecule has 37 heavy (non-hydrogen) atoms. The Balaban J connectivity index is 2.00. The van der Waals surface area contributed by atoms with Gasteiger partial charge in [-0.25, -0.2) is 0 Å². The highest BCUT2D eigenvalue weighted by Crippen LogP contribution is 2.28. The summed E-state index contributed by atoms with van der Waals surface area (Å²) in [5.41, 5.74) is 7.23. The molecule has 0 radical (unpaired) electrons. The summed E-state index contributed by atoms with van der Waals surface area (Å²) in [5, 5.41) is 3.85. The second-order valence-electron chi connectivity index (χ2n) is 11.3. The fraction of sp³-hybridized carbons (Fsp3) is 0.667. The molecular weight excluding hydrogens is 446 g/mol. The molecule has 0 aliphatic heterocycles. The van der Waals surface area contributed by atoms with Gasteiger partial charge < -0.3 is 5.32 Å².